The number of carbonyl (C=O) groups is 1. The molecule has 0 radical (unpaired) electrons. The number of aromatic hydroxyl groups is 1. The van der Waals surface area contributed by atoms with Crippen LogP contribution in [-0.4, -0.2) is 36.6 Å². The Morgan fingerprint density at radius 2 is 2.10 bits per heavy atom. The lowest BCUT2D eigenvalue weighted by atomic mass is 10.1. The van der Waals surface area contributed by atoms with Crippen LogP contribution in [0, 0.1) is 0 Å². The maximum absolute atomic E-state index is 12.1. The highest BCUT2D eigenvalue weighted by Crippen LogP contribution is 2.21. The first kappa shape index (κ1) is 14.6. The standard InChI is InChI=1S/C15H18N2O2S/c1-17(2)13(11-7-8-20-10-11)9-16-15(19)12-5-3-4-6-14(12)18/h3-8,10,13,18H,9H2,1-2H3,(H,16,19)/t13-/m0/s1. The predicted octanol–water partition coefficient (Wildman–Crippen LogP) is 2.49. The van der Waals surface area contributed by atoms with E-state index in [1.807, 2.05) is 19.5 Å². The van der Waals surface area contributed by atoms with Gasteiger partial charge in [-0.25, -0.2) is 0 Å². The number of hydrogen-bond donors (Lipinski definition) is 2. The van der Waals surface area contributed by atoms with Crippen molar-refractivity contribution in [2.45, 2.75) is 6.04 Å². The zero-order valence-electron chi connectivity index (χ0n) is 11.5. The first-order valence-corrected chi connectivity index (χ1v) is 7.28. The largest absolute Gasteiger partial charge is 0.507 e. The third-order valence-electron chi connectivity index (χ3n) is 3.16. The number of thiophene rings is 1. The Morgan fingerprint density at radius 3 is 2.70 bits per heavy atom. The Balaban J connectivity index is 2.03. The van der Waals surface area contributed by atoms with Crippen molar-refractivity contribution in [3.8, 4) is 5.75 Å². The molecule has 106 valence electrons. The molecule has 1 heterocycles. The topological polar surface area (TPSA) is 52.6 Å². The van der Waals surface area contributed by atoms with Crippen LogP contribution in [-0.2, 0) is 0 Å². The van der Waals surface area contributed by atoms with E-state index >= 15 is 0 Å². The molecule has 0 spiro atoms. The molecule has 0 saturated carbocycles. The Kier molecular flexibility index (Phi) is 4.76. The van der Waals surface area contributed by atoms with Gasteiger partial charge < -0.3 is 15.3 Å². The molecule has 2 rings (SSSR count). The zero-order chi connectivity index (χ0) is 14.5. The monoisotopic (exact) mass is 290 g/mol. The van der Waals surface area contributed by atoms with E-state index in [9.17, 15) is 9.90 Å². The van der Waals surface area contributed by atoms with E-state index in [1.54, 1.807) is 29.5 Å². The molecule has 0 saturated heterocycles. The molecule has 0 unspecified atom stereocenters. The van der Waals surface area contributed by atoms with Crippen molar-refractivity contribution in [3.05, 3.63) is 52.2 Å². The number of phenols is 1. The minimum Gasteiger partial charge on any atom is -0.507 e. The van der Waals surface area contributed by atoms with E-state index in [2.05, 4.69) is 21.7 Å². The van der Waals surface area contributed by atoms with Gasteiger partial charge in [-0.15, -0.1) is 0 Å². The summed E-state index contributed by atoms with van der Waals surface area (Å²) in [7, 11) is 3.96. The number of nitrogens with zero attached hydrogens (tertiary/aromatic N) is 1. The number of phenolic OH excluding ortho intramolecular Hbond substituents is 1. The van der Waals surface area contributed by atoms with E-state index in [1.165, 1.54) is 11.6 Å². The van der Waals surface area contributed by atoms with Gasteiger partial charge >= 0.3 is 0 Å². The lowest BCUT2D eigenvalue weighted by Gasteiger charge is -2.24. The summed E-state index contributed by atoms with van der Waals surface area (Å²) >= 11 is 1.64. The van der Waals surface area contributed by atoms with Crippen LogP contribution in [0.1, 0.15) is 22.0 Å². The van der Waals surface area contributed by atoms with Gasteiger partial charge in [0.05, 0.1) is 11.6 Å². The van der Waals surface area contributed by atoms with Crippen molar-refractivity contribution < 1.29 is 9.90 Å². The minimum absolute atomic E-state index is 0.00179. The quantitative estimate of drug-likeness (QED) is 0.889. The average Bonchev–Trinajstić information content (AvgIpc) is 2.92. The second-order valence-electron chi connectivity index (χ2n) is 4.76. The van der Waals surface area contributed by atoms with Crippen molar-refractivity contribution >= 4 is 17.2 Å². The van der Waals surface area contributed by atoms with E-state index in [-0.39, 0.29) is 17.7 Å². The number of hydrogen-bond acceptors (Lipinski definition) is 4. The molecule has 0 aliphatic rings. The fourth-order valence-electron chi connectivity index (χ4n) is 2.01. The van der Waals surface area contributed by atoms with Crippen molar-refractivity contribution in [2.24, 2.45) is 0 Å². The SMILES string of the molecule is CN(C)[C@@H](CNC(=O)c1ccccc1O)c1ccsc1. The maximum atomic E-state index is 12.1. The highest BCUT2D eigenvalue weighted by Gasteiger charge is 2.17. The van der Waals surface area contributed by atoms with Crippen LogP contribution < -0.4 is 5.32 Å². The molecule has 0 aliphatic heterocycles. The Morgan fingerprint density at radius 1 is 1.35 bits per heavy atom. The molecule has 5 heteroatoms. The van der Waals surface area contributed by atoms with Crippen LogP contribution in [0.15, 0.2) is 41.1 Å². The molecule has 1 aromatic carbocycles. The molecule has 1 aromatic heterocycles. The highest BCUT2D eigenvalue weighted by atomic mass is 32.1. The molecule has 0 aliphatic carbocycles. The number of para-hydroxylation sites is 1. The lowest BCUT2D eigenvalue weighted by molar-refractivity contribution is 0.0939. The van der Waals surface area contributed by atoms with Crippen molar-refractivity contribution in [3.63, 3.8) is 0 Å². The third-order valence-corrected chi connectivity index (χ3v) is 3.86. The van der Waals surface area contributed by atoms with Gasteiger partial charge in [-0.2, -0.15) is 11.3 Å². The summed E-state index contributed by atoms with van der Waals surface area (Å²) in [6, 6.07) is 8.73. The van der Waals surface area contributed by atoms with Crippen LogP contribution >= 0.6 is 11.3 Å². The summed E-state index contributed by atoms with van der Waals surface area (Å²) in [4.78, 5) is 14.1. The maximum Gasteiger partial charge on any atom is 0.255 e. The molecule has 20 heavy (non-hydrogen) atoms. The van der Waals surface area contributed by atoms with Gasteiger partial charge in [0.15, 0.2) is 0 Å². The molecule has 0 bridgehead atoms. The first-order chi connectivity index (χ1) is 9.59. The van der Waals surface area contributed by atoms with Crippen LogP contribution in [0.2, 0.25) is 0 Å². The number of amides is 1. The van der Waals surface area contributed by atoms with Gasteiger partial charge in [-0.3, -0.25) is 4.79 Å². The van der Waals surface area contributed by atoms with E-state index < -0.39 is 0 Å². The number of rotatable bonds is 5. The second-order valence-corrected chi connectivity index (χ2v) is 5.54. The van der Waals surface area contributed by atoms with Crippen molar-refractivity contribution in [1.82, 2.24) is 10.2 Å². The van der Waals surface area contributed by atoms with Gasteiger partial charge in [0.25, 0.3) is 5.91 Å². The van der Waals surface area contributed by atoms with Crippen LogP contribution in [0.3, 0.4) is 0 Å². The zero-order valence-corrected chi connectivity index (χ0v) is 12.4. The Labute approximate surface area is 122 Å². The molecule has 2 aromatic rings. The second kappa shape index (κ2) is 6.54. The summed E-state index contributed by atoms with van der Waals surface area (Å²) in [5.41, 5.74) is 1.48. The summed E-state index contributed by atoms with van der Waals surface area (Å²) < 4.78 is 0. The van der Waals surface area contributed by atoms with Crippen LogP contribution in [0.5, 0.6) is 5.75 Å². The van der Waals surface area contributed by atoms with Crippen LogP contribution in [0.4, 0.5) is 0 Å². The van der Waals surface area contributed by atoms with Crippen LogP contribution in [0.25, 0.3) is 0 Å². The summed E-state index contributed by atoms with van der Waals surface area (Å²) in [5, 5.41) is 16.6. The molecule has 1 atom stereocenters. The number of likely N-dealkylation sites (N-methyl/N-ethyl adjacent to an activating group) is 1. The molecule has 0 fully saturated rings. The van der Waals surface area contributed by atoms with Gasteiger partial charge in [0.2, 0.25) is 0 Å². The summed E-state index contributed by atoms with van der Waals surface area (Å²) in [5.74, 6) is -0.257. The fourth-order valence-corrected chi connectivity index (χ4v) is 2.72. The summed E-state index contributed by atoms with van der Waals surface area (Å²) in [6.07, 6.45) is 0. The first-order valence-electron chi connectivity index (χ1n) is 6.34. The lowest BCUT2D eigenvalue weighted by Crippen LogP contribution is -2.34. The van der Waals surface area contributed by atoms with Gasteiger partial charge in [-0.05, 0) is 48.6 Å². The summed E-state index contributed by atoms with van der Waals surface area (Å²) in [6.45, 7) is 0.497. The highest BCUT2D eigenvalue weighted by molar-refractivity contribution is 7.07. The van der Waals surface area contributed by atoms with Crippen molar-refractivity contribution in [1.29, 1.82) is 0 Å². The van der Waals surface area contributed by atoms with E-state index in [4.69, 9.17) is 0 Å². The molecular weight excluding hydrogens is 272 g/mol. The third kappa shape index (κ3) is 3.37. The average molecular weight is 290 g/mol. The van der Waals surface area contributed by atoms with Crippen molar-refractivity contribution in [2.75, 3.05) is 20.6 Å². The number of benzene rings is 1. The predicted molar refractivity (Wildman–Crippen MR) is 81.2 cm³/mol. The smallest absolute Gasteiger partial charge is 0.255 e. The normalized spacial score (nSPS) is 12.3. The molecule has 4 nitrogen and oxygen atoms in total. The minimum atomic E-state index is -0.259. The van der Waals surface area contributed by atoms with Gasteiger partial charge in [-0.1, -0.05) is 12.1 Å². The van der Waals surface area contributed by atoms with E-state index in [0.717, 1.165) is 0 Å². The number of nitrogens with one attached hydrogen (secondary N) is 1. The van der Waals surface area contributed by atoms with E-state index in [0.29, 0.717) is 12.1 Å². The number of carbonyl (C=O) groups excluding carboxylic acids is 1. The van der Waals surface area contributed by atoms with Gasteiger partial charge in [0.1, 0.15) is 5.75 Å². The molecule has 2 N–H and O–H groups in total. The fraction of sp³-hybridized carbons (Fsp3) is 0.267. The van der Waals surface area contributed by atoms with Gasteiger partial charge in [0, 0.05) is 6.54 Å². The molecular formula is C15H18N2O2S. The molecule has 1 amide bonds. The Hall–Kier alpha value is -1.85. The Bertz CT molecular complexity index is 567.